The number of ether oxygens (including phenoxy) is 1. The van der Waals surface area contributed by atoms with Crippen molar-refractivity contribution in [1.82, 2.24) is 9.78 Å². The molecule has 0 atom stereocenters. The molecule has 2 heterocycles. The Hall–Kier alpha value is -2.38. The fraction of sp³-hybridized carbons (Fsp3) is 0.238. The zero-order valence-corrected chi connectivity index (χ0v) is 16.9. The lowest BCUT2D eigenvalue weighted by Gasteiger charge is -2.21. The van der Waals surface area contributed by atoms with Crippen molar-refractivity contribution in [2.75, 3.05) is 23.4 Å². The minimum Gasteiger partial charge on any atom is -0.484 e. The van der Waals surface area contributed by atoms with Crippen LogP contribution in [0.5, 0.6) is 5.75 Å². The van der Waals surface area contributed by atoms with Crippen LogP contribution in [0, 0.1) is 0 Å². The summed E-state index contributed by atoms with van der Waals surface area (Å²) in [6, 6.07) is 17.5. The molecule has 1 saturated heterocycles. The second-order valence-corrected chi connectivity index (χ2v) is 9.03. The third kappa shape index (κ3) is 4.72. The van der Waals surface area contributed by atoms with Crippen LogP contribution >= 0.6 is 23.5 Å². The van der Waals surface area contributed by atoms with Crippen LogP contribution in [0.4, 0.5) is 5.69 Å². The normalized spacial score (nSPS) is 14.6. The summed E-state index contributed by atoms with van der Waals surface area (Å²) < 4.78 is 7.89. The number of amides is 1. The van der Waals surface area contributed by atoms with E-state index in [1.807, 2.05) is 72.2 Å². The molecule has 2 aromatic carbocycles. The van der Waals surface area contributed by atoms with E-state index in [4.69, 9.17) is 4.74 Å². The molecule has 0 aliphatic carbocycles. The van der Waals surface area contributed by atoms with E-state index >= 15 is 0 Å². The van der Waals surface area contributed by atoms with Crippen molar-refractivity contribution in [3.8, 4) is 11.4 Å². The smallest absolute Gasteiger partial charge is 0.262 e. The summed E-state index contributed by atoms with van der Waals surface area (Å²) in [5.74, 6) is 2.93. The molecule has 0 radical (unpaired) electrons. The van der Waals surface area contributed by atoms with Gasteiger partial charge >= 0.3 is 0 Å². The Labute approximate surface area is 172 Å². The van der Waals surface area contributed by atoms with Crippen LogP contribution in [0.25, 0.3) is 5.69 Å². The molecule has 4 rings (SSSR count). The molecule has 0 spiro atoms. The number of anilines is 1. The number of carbonyl (C=O) groups is 1. The Kier molecular flexibility index (Phi) is 6.24. The number of benzene rings is 2. The van der Waals surface area contributed by atoms with Gasteiger partial charge in [-0.15, -0.1) is 23.5 Å². The lowest BCUT2D eigenvalue weighted by molar-refractivity contribution is -0.118. The molecular weight excluding hydrogens is 390 g/mol. The van der Waals surface area contributed by atoms with Crippen molar-refractivity contribution in [2.24, 2.45) is 0 Å². The molecule has 28 heavy (non-hydrogen) atoms. The third-order valence-electron chi connectivity index (χ3n) is 4.28. The zero-order chi connectivity index (χ0) is 19.2. The highest BCUT2D eigenvalue weighted by Gasteiger charge is 2.16. The first-order valence-corrected chi connectivity index (χ1v) is 11.2. The number of nitrogens with zero attached hydrogens (tertiary/aromatic N) is 2. The van der Waals surface area contributed by atoms with E-state index in [0.717, 1.165) is 5.69 Å². The van der Waals surface area contributed by atoms with E-state index in [2.05, 4.69) is 22.5 Å². The summed E-state index contributed by atoms with van der Waals surface area (Å²) in [6.45, 7) is -0.0419. The van der Waals surface area contributed by atoms with E-state index < -0.39 is 0 Å². The highest BCUT2D eigenvalue weighted by atomic mass is 32.2. The predicted molar refractivity (Wildman–Crippen MR) is 116 cm³/mol. The SMILES string of the molecule is O=C(COc1ccc(C2SCCCS2)cc1)Nc1ccccc1-n1cccn1. The molecule has 3 aromatic rings. The first-order chi connectivity index (χ1) is 13.8. The van der Waals surface area contributed by atoms with Crippen LogP contribution in [-0.4, -0.2) is 33.8 Å². The van der Waals surface area contributed by atoms with Gasteiger partial charge in [0.2, 0.25) is 0 Å². The molecular formula is C21H21N3O2S2. The molecule has 1 fully saturated rings. The number of rotatable bonds is 6. The Morgan fingerprint density at radius 1 is 1.11 bits per heavy atom. The van der Waals surface area contributed by atoms with Crippen LogP contribution in [0.1, 0.15) is 16.6 Å². The van der Waals surface area contributed by atoms with Crippen LogP contribution in [0.3, 0.4) is 0 Å². The summed E-state index contributed by atoms with van der Waals surface area (Å²) in [5, 5.41) is 7.13. The number of hydrogen-bond donors (Lipinski definition) is 1. The topological polar surface area (TPSA) is 56.1 Å². The molecule has 1 aliphatic rings. The van der Waals surface area contributed by atoms with E-state index in [9.17, 15) is 4.79 Å². The van der Waals surface area contributed by atoms with Crippen molar-refractivity contribution in [1.29, 1.82) is 0 Å². The van der Waals surface area contributed by atoms with E-state index in [1.165, 1.54) is 23.5 Å². The molecule has 1 amide bonds. The number of nitrogens with one attached hydrogen (secondary N) is 1. The number of para-hydroxylation sites is 2. The molecule has 7 heteroatoms. The number of aromatic nitrogens is 2. The van der Waals surface area contributed by atoms with Crippen molar-refractivity contribution in [3.05, 3.63) is 72.6 Å². The molecule has 1 aromatic heterocycles. The first-order valence-electron chi connectivity index (χ1n) is 9.14. The van der Waals surface area contributed by atoms with Crippen molar-refractivity contribution in [3.63, 3.8) is 0 Å². The second-order valence-electron chi connectivity index (χ2n) is 6.30. The highest BCUT2D eigenvalue weighted by molar-refractivity contribution is 8.16. The van der Waals surface area contributed by atoms with Crippen LogP contribution in [-0.2, 0) is 4.79 Å². The van der Waals surface area contributed by atoms with Gasteiger partial charge in [0, 0.05) is 12.4 Å². The zero-order valence-electron chi connectivity index (χ0n) is 15.3. The lowest BCUT2D eigenvalue weighted by Crippen LogP contribution is -2.21. The maximum absolute atomic E-state index is 12.3. The van der Waals surface area contributed by atoms with Gasteiger partial charge in [0.05, 0.1) is 16.0 Å². The molecule has 0 unspecified atom stereocenters. The Balaban J connectivity index is 1.34. The van der Waals surface area contributed by atoms with Gasteiger partial charge in [-0.3, -0.25) is 4.79 Å². The standard InChI is InChI=1S/C21H21N3O2S2/c25-20(23-18-5-1-2-6-19(18)24-12-3-11-22-24)15-26-17-9-7-16(8-10-17)21-27-13-4-14-28-21/h1-3,5-12,21H,4,13-15H2,(H,23,25). The van der Waals surface area contributed by atoms with E-state index in [-0.39, 0.29) is 12.5 Å². The van der Waals surface area contributed by atoms with Gasteiger partial charge in [-0.2, -0.15) is 5.10 Å². The summed E-state index contributed by atoms with van der Waals surface area (Å²) in [7, 11) is 0. The van der Waals surface area contributed by atoms with Crippen LogP contribution in [0.15, 0.2) is 67.0 Å². The van der Waals surface area contributed by atoms with Gasteiger partial charge in [-0.1, -0.05) is 24.3 Å². The molecule has 1 aliphatic heterocycles. The maximum atomic E-state index is 12.3. The molecule has 1 N–H and O–H groups in total. The van der Waals surface area contributed by atoms with Gasteiger partial charge in [-0.05, 0) is 53.8 Å². The maximum Gasteiger partial charge on any atom is 0.262 e. The first kappa shape index (κ1) is 19.0. The van der Waals surface area contributed by atoms with Crippen LogP contribution in [0.2, 0.25) is 0 Å². The van der Waals surface area contributed by atoms with Crippen molar-refractivity contribution < 1.29 is 9.53 Å². The van der Waals surface area contributed by atoms with Gasteiger partial charge < -0.3 is 10.1 Å². The minimum atomic E-state index is -0.206. The second kappa shape index (κ2) is 9.21. The third-order valence-corrected chi connectivity index (χ3v) is 7.29. The number of carbonyl (C=O) groups excluding carboxylic acids is 1. The fourth-order valence-electron chi connectivity index (χ4n) is 2.93. The summed E-state index contributed by atoms with van der Waals surface area (Å²) in [6.07, 6.45) is 4.83. The van der Waals surface area contributed by atoms with Gasteiger partial charge in [0.25, 0.3) is 5.91 Å². The quantitative estimate of drug-likeness (QED) is 0.634. The van der Waals surface area contributed by atoms with E-state index in [1.54, 1.807) is 10.9 Å². The van der Waals surface area contributed by atoms with Crippen molar-refractivity contribution in [2.45, 2.75) is 11.0 Å². The highest BCUT2D eigenvalue weighted by Crippen LogP contribution is 2.43. The van der Waals surface area contributed by atoms with Gasteiger partial charge in [0.1, 0.15) is 5.75 Å². The van der Waals surface area contributed by atoms with Crippen LogP contribution < -0.4 is 10.1 Å². The Morgan fingerprint density at radius 3 is 2.64 bits per heavy atom. The largest absolute Gasteiger partial charge is 0.484 e. The number of thioether (sulfide) groups is 2. The van der Waals surface area contributed by atoms with Crippen molar-refractivity contribution >= 4 is 35.1 Å². The molecule has 0 saturated carbocycles. The lowest BCUT2D eigenvalue weighted by atomic mass is 10.2. The average molecular weight is 412 g/mol. The van der Waals surface area contributed by atoms with Gasteiger partial charge in [-0.25, -0.2) is 4.68 Å². The molecule has 5 nitrogen and oxygen atoms in total. The molecule has 144 valence electrons. The summed E-state index contributed by atoms with van der Waals surface area (Å²) in [5.41, 5.74) is 2.81. The predicted octanol–water partition coefficient (Wildman–Crippen LogP) is 4.76. The molecule has 0 bridgehead atoms. The van der Waals surface area contributed by atoms with Gasteiger partial charge in [0.15, 0.2) is 6.61 Å². The minimum absolute atomic E-state index is 0.0419. The Morgan fingerprint density at radius 2 is 1.89 bits per heavy atom. The average Bonchev–Trinajstić information content (AvgIpc) is 3.28. The summed E-state index contributed by atoms with van der Waals surface area (Å²) in [4.78, 5) is 12.3. The monoisotopic (exact) mass is 411 g/mol. The fourth-order valence-corrected chi connectivity index (χ4v) is 5.82. The van der Waals surface area contributed by atoms with E-state index in [0.29, 0.717) is 16.0 Å². The summed E-state index contributed by atoms with van der Waals surface area (Å²) >= 11 is 3.99. The Bertz CT molecular complexity index is 908. The number of hydrogen-bond acceptors (Lipinski definition) is 5.